The van der Waals surface area contributed by atoms with E-state index >= 15 is 0 Å². The Hall–Kier alpha value is -2.61. The van der Waals surface area contributed by atoms with Crippen LogP contribution >= 0.6 is 0 Å². The van der Waals surface area contributed by atoms with E-state index in [4.69, 9.17) is 19.9 Å². The van der Waals surface area contributed by atoms with Crippen molar-refractivity contribution in [3.05, 3.63) is 59.7 Å². The fraction of sp³-hybridized carbons (Fsp3) is 0.658. The minimum atomic E-state index is -0.399. The number of carbonyl (C=O) groups excluding carboxylic acids is 1. The van der Waals surface area contributed by atoms with Crippen molar-refractivity contribution >= 4 is 5.97 Å². The SMILES string of the molecule is CC(C)(C)OC(=O)CCCc1ccc(OCCN2CCCCCC2)cc1.NCCc1ccc(OCCN2CCCCCC2)cc1. The fourth-order valence-corrected chi connectivity index (χ4v) is 5.81. The van der Waals surface area contributed by atoms with Crippen molar-refractivity contribution in [3.63, 3.8) is 0 Å². The summed E-state index contributed by atoms with van der Waals surface area (Å²) in [6.07, 6.45) is 13.9. The zero-order valence-electron chi connectivity index (χ0n) is 28.6. The number of esters is 1. The summed E-state index contributed by atoms with van der Waals surface area (Å²) >= 11 is 0. The first-order valence-corrected chi connectivity index (χ1v) is 17.6. The van der Waals surface area contributed by atoms with E-state index in [1.54, 1.807) is 0 Å². The van der Waals surface area contributed by atoms with Crippen molar-refractivity contribution < 1.29 is 19.0 Å². The van der Waals surface area contributed by atoms with E-state index in [1.807, 2.05) is 45.0 Å². The van der Waals surface area contributed by atoms with Crippen LogP contribution in [0.4, 0.5) is 0 Å². The number of nitrogens with two attached hydrogens (primary N) is 1. The molecule has 2 aliphatic heterocycles. The van der Waals surface area contributed by atoms with Crippen LogP contribution in [0, 0.1) is 0 Å². The van der Waals surface area contributed by atoms with Gasteiger partial charge >= 0.3 is 5.97 Å². The Labute approximate surface area is 273 Å². The summed E-state index contributed by atoms with van der Waals surface area (Å²) < 4.78 is 17.0. The molecule has 0 aromatic heterocycles. The molecule has 7 nitrogen and oxygen atoms in total. The number of rotatable bonds is 14. The molecule has 0 atom stereocenters. The molecular formula is C38H61N3O4. The third-order valence-electron chi connectivity index (χ3n) is 8.30. The number of benzene rings is 2. The van der Waals surface area contributed by atoms with Gasteiger partial charge in [-0.05, 0) is 134 Å². The molecule has 2 aromatic carbocycles. The number of hydrogen-bond donors (Lipinski definition) is 1. The van der Waals surface area contributed by atoms with Crippen LogP contribution in [0.5, 0.6) is 11.5 Å². The average Bonchev–Trinajstić information content (AvgIpc) is 3.44. The van der Waals surface area contributed by atoms with Crippen LogP contribution in [0.3, 0.4) is 0 Å². The van der Waals surface area contributed by atoms with Crippen LogP contribution in [0.1, 0.15) is 96.1 Å². The molecule has 252 valence electrons. The predicted octanol–water partition coefficient (Wildman–Crippen LogP) is 7.05. The summed E-state index contributed by atoms with van der Waals surface area (Å²) in [5.41, 5.74) is 7.65. The molecule has 2 fully saturated rings. The number of likely N-dealkylation sites (tertiary alicyclic amines) is 2. The minimum absolute atomic E-state index is 0.119. The van der Waals surface area contributed by atoms with Crippen molar-refractivity contribution in [3.8, 4) is 11.5 Å². The lowest BCUT2D eigenvalue weighted by molar-refractivity contribution is -0.154. The lowest BCUT2D eigenvalue weighted by atomic mass is 10.1. The van der Waals surface area contributed by atoms with E-state index in [0.29, 0.717) is 13.0 Å². The molecule has 0 amide bonds. The Morgan fingerprint density at radius 3 is 1.49 bits per heavy atom. The zero-order chi connectivity index (χ0) is 32.2. The van der Waals surface area contributed by atoms with E-state index < -0.39 is 5.60 Å². The smallest absolute Gasteiger partial charge is 0.306 e. The van der Waals surface area contributed by atoms with Gasteiger partial charge in [0.25, 0.3) is 0 Å². The summed E-state index contributed by atoms with van der Waals surface area (Å²) in [7, 11) is 0. The molecule has 2 heterocycles. The van der Waals surface area contributed by atoms with Gasteiger partial charge in [-0.15, -0.1) is 0 Å². The number of carbonyl (C=O) groups is 1. The fourth-order valence-electron chi connectivity index (χ4n) is 5.81. The van der Waals surface area contributed by atoms with Crippen LogP contribution in [0.15, 0.2) is 48.5 Å². The molecule has 7 heteroatoms. The largest absolute Gasteiger partial charge is 0.492 e. The Balaban J connectivity index is 0.000000257. The molecule has 4 rings (SSSR count). The van der Waals surface area contributed by atoms with Gasteiger partial charge in [-0.2, -0.15) is 0 Å². The third-order valence-corrected chi connectivity index (χ3v) is 8.30. The number of aryl methyl sites for hydroxylation is 1. The Kier molecular flexibility index (Phi) is 17.4. The lowest BCUT2D eigenvalue weighted by Gasteiger charge is -2.19. The van der Waals surface area contributed by atoms with E-state index in [0.717, 1.165) is 57.1 Å². The van der Waals surface area contributed by atoms with E-state index in [9.17, 15) is 4.79 Å². The third kappa shape index (κ3) is 17.0. The van der Waals surface area contributed by atoms with Gasteiger partial charge in [0.05, 0.1) is 0 Å². The first-order chi connectivity index (χ1) is 21.8. The zero-order valence-corrected chi connectivity index (χ0v) is 28.6. The number of hydrogen-bond acceptors (Lipinski definition) is 7. The summed E-state index contributed by atoms with van der Waals surface area (Å²) in [6.45, 7) is 14.9. The van der Waals surface area contributed by atoms with Crippen molar-refractivity contribution in [2.75, 3.05) is 59.0 Å². The molecular weight excluding hydrogens is 562 g/mol. The number of nitrogens with zero attached hydrogens (tertiary/aromatic N) is 2. The first-order valence-electron chi connectivity index (χ1n) is 17.6. The van der Waals surface area contributed by atoms with Crippen LogP contribution in [0.25, 0.3) is 0 Å². The van der Waals surface area contributed by atoms with Crippen molar-refractivity contribution in [1.82, 2.24) is 9.80 Å². The molecule has 45 heavy (non-hydrogen) atoms. The van der Waals surface area contributed by atoms with Crippen molar-refractivity contribution in [2.24, 2.45) is 5.73 Å². The summed E-state index contributed by atoms with van der Waals surface area (Å²) in [6, 6.07) is 16.6. The topological polar surface area (TPSA) is 77.3 Å². The molecule has 0 saturated carbocycles. The second-order valence-electron chi connectivity index (χ2n) is 13.5. The summed E-state index contributed by atoms with van der Waals surface area (Å²) in [5.74, 6) is 1.78. The highest BCUT2D eigenvalue weighted by molar-refractivity contribution is 5.69. The van der Waals surface area contributed by atoms with Gasteiger partial charge in [-0.3, -0.25) is 14.6 Å². The quantitative estimate of drug-likeness (QED) is 0.226. The lowest BCUT2D eigenvalue weighted by Crippen LogP contribution is -2.29. The van der Waals surface area contributed by atoms with Crippen LogP contribution in [-0.4, -0.2) is 80.4 Å². The van der Waals surface area contributed by atoms with E-state index in [-0.39, 0.29) is 5.97 Å². The van der Waals surface area contributed by atoms with Gasteiger partial charge in [0.15, 0.2) is 0 Å². The second-order valence-corrected chi connectivity index (χ2v) is 13.5. The summed E-state index contributed by atoms with van der Waals surface area (Å²) in [5, 5.41) is 0. The maximum Gasteiger partial charge on any atom is 0.306 e. The average molecular weight is 624 g/mol. The molecule has 2 aliphatic rings. The number of ether oxygens (including phenoxy) is 3. The molecule has 0 spiro atoms. The highest BCUT2D eigenvalue weighted by atomic mass is 16.6. The van der Waals surface area contributed by atoms with E-state index in [2.05, 4.69) is 34.1 Å². The highest BCUT2D eigenvalue weighted by Crippen LogP contribution is 2.17. The van der Waals surface area contributed by atoms with E-state index in [1.165, 1.54) is 88.7 Å². The van der Waals surface area contributed by atoms with Gasteiger partial charge in [0.1, 0.15) is 30.3 Å². The van der Waals surface area contributed by atoms with Crippen LogP contribution in [0.2, 0.25) is 0 Å². The van der Waals surface area contributed by atoms with Gasteiger partial charge in [-0.1, -0.05) is 49.9 Å². The highest BCUT2D eigenvalue weighted by Gasteiger charge is 2.15. The molecule has 2 saturated heterocycles. The van der Waals surface area contributed by atoms with Gasteiger partial charge in [0.2, 0.25) is 0 Å². The molecule has 2 N–H and O–H groups in total. The minimum Gasteiger partial charge on any atom is -0.492 e. The van der Waals surface area contributed by atoms with Gasteiger partial charge in [-0.25, -0.2) is 0 Å². The van der Waals surface area contributed by atoms with Gasteiger partial charge in [0, 0.05) is 19.5 Å². The maximum absolute atomic E-state index is 11.7. The molecule has 0 radical (unpaired) electrons. The van der Waals surface area contributed by atoms with Crippen molar-refractivity contribution in [1.29, 1.82) is 0 Å². The second kappa shape index (κ2) is 21.2. The maximum atomic E-state index is 11.7. The Bertz CT molecular complexity index is 1040. The van der Waals surface area contributed by atoms with Crippen LogP contribution < -0.4 is 15.2 Å². The standard InChI is InChI=1S/C22H35NO3.C16H26N2O/c1-22(2,3)26-21(24)10-8-9-19-11-13-20(14-12-19)25-18-17-23-15-6-4-5-7-16-23;17-10-9-15-5-7-16(8-6-15)19-14-13-18-11-3-1-2-4-12-18/h11-14H,4-10,15-18H2,1-3H3;5-8H,1-4,9-14,17H2. The first kappa shape index (κ1) is 36.9. The Morgan fingerprint density at radius 2 is 1.09 bits per heavy atom. The van der Waals surface area contributed by atoms with Crippen molar-refractivity contribution in [2.45, 2.75) is 103 Å². The molecule has 0 aliphatic carbocycles. The molecule has 0 unspecified atom stereocenters. The monoisotopic (exact) mass is 623 g/mol. The summed E-state index contributed by atoms with van der Waals surface area (Å²) in [4.78, 5) is 16.8. The molecule has 2 aromatic rings. The predicted molar refractivity (Wildman–Crippen MR) is 185 cm³/mol. The van der Waals surface area contributed by atoms with Gasteiger partial charge < -0.3 is 19.9 Å². The Morgan fingerprint density at radius 1 is 0.667 bits per heavy atom. The molecule has 0 bridgehead atoms. The van der Waals surface area contributed by atoms with Crippen LogP contribution in [-0.2, 0) is 22.4 Å². The normalized spacial score (nSPS) is 16.5.